The van der Waals surface area contributed by atoms with Crippen LogP contribution in [-0.4, -0.2) is 22.9 Å². The van der Waals surface area contributed by atoms with Gasteiger partial charge in [-0.15, -0.1) is 0 Å². The lowest BCUT2D eigenvalue weighted by Crippen LogP contribution is -2.29. The van der Waals surface area contributed by atoms with Crippen molar-refractivity contribution in [2.45, 2.75) is 44.4 Å². The lowest BCUT2D eigenvalue weighted by Gasteiger charge is -2.27. The zero-order valence-corrected chi connectivity index (χ0v) is 12.8. The van der Waals surface area contributed by atoms with E-state index < -0.39 is 5.97 Å². The Kier molecular flexibility index (Phi) is 5.77. The van der Waals surface area contributed by atoms with Gasteiger partial charge >= 0.3 is 5.97 Å². The molecule has 0 bridgehead atoms. The van der Waals surface area contributed by atoms with Gasteiger partial charge in [-0.3, -0.25) is 4.79 Å². The van der Waals surface area contributed by atoms with Gasteiger partial charge in [0.15, 0.2) is 0 Å². The fourth-order valence-electron chi connectivity index (χ4n) is 2.64. The molecule has 1 aromatic carbocycles. The molecule has 1 fully saturated rings. The van der Waals surface area contributed by atoms with Crippen LogP contribution in [-0.2, 0) is 10.5 Å². The molecule has 1 saturated carbocycles. The summed E-state index contributed by atoms with van der Waals surface area (Å²) in [7, 11) is 0. The third-order valence-electron chi connectivity index (χ3n) is 3.87. The molecule has 0 unspecified atom stereocenters. The van der Waals surface area contributed by atoms with Crippen molar-refractivity contribution in [2.75, 3.05) is 11.1 Å². The van der Waals surface area contributed by atoms with Crippen LogP contribution in [0.15, 0.2) is 24.3 Å². The zero-order valence-electron chi connectivity index (χ0n) is 12.0. The van der Waals surface area contributed by atoms with Crippen LogP contribution in [0.1, 0.15) is 38.2 Å². The smallest absolute Gasteiger partial charge is 0.306 e. The minimum atomic E-state index is -0.638. The summed E-state index contributed by atoms with van der Waals surface area (Å²) >= 11 is 1.93. The van der Waals surface area contributed by atoms with Gasteiger partial charge in [0.1, 0.15) is 0 Å². The molecule has 20 heavy (non-hydrogen) atoms. The molecule has 1 aromatic rings. The molecule has 0 saturated heterocycles. The Morgan fingerprint density at radius 2 is 1.90 bits per heavy atom. The predicted octanol–water partition coefficient (Wildman–Crippen LogP) is 4.00. The summed E-state index contributed by atoms with van der Waals surface area (Å²) in [6.45, 7) is 2.17. The Morgan fingerprint density at radius 1 is 1.25 bits per heavy atom. The van der Waals surface area contributed by atoms with E-state index in [9.17, 15) is 4.79 Å². The average Bonchev–Trinajstić information content (AvgIpc) is 2.47. The summed E-state index contributed by atoms with van der Waals surface area (Å²) in [5, 5.41) is 12.5. The van der Waals surface area contributed by atoms with E-state index in [1.807, 2.05) is 11.8 Å². The lowest BCUT2D eigenvalue weighted by atomic mass is 9.86. The van der Waals surface area contributed by atoms with Gasteiger partial charge < -0.3 is 10.4 Å². The van der Waals surface area contributed by atoms with Crippen molar-refractivity contribution in [3.05, 3.63) is 29.8 Å². The maximum absolute atomic E-state index is 10.9. The van der Waals surface area contributed by atoms with Crippen LogP contribution in [0.25, 0.3) is 0 Å². The largest absolute Gasteiger partial charge is 0.481 e. The van der Waals surface area contributed by atoms with Gasteiger partial charge in [0.25, 0.3) is 0 Å². The van der Waals surface area contributed by atoms with Crippen molar-refractivity contribution in [1.82, 2.24) is 0 Å². The first-order valence-electron chi connectivity index (χ1n) is 7.35. The normalized spacial score (nSPS) is 22.4. The van der Waals surface area contributed by atoms with Crippen LogP contribution in [0.3, 0.4) is 0 Å². The number of anilines is 1. The molecule has 2 rings (SSSR count). The molecule has 1 aliphatic rings. The number of benzene rings is 1. The summed E-state index contributed by atoms with van der Waals surface area (Å²) in [5.41, 5.74) is 2.51. The minimum absolute atomic E-state index is 0.138. The number of carboxylic acid groups (broad SMARTS) is 1. The van der Waals surface area contributed by atoms with Crippen LogP contribution in [0.2, 0.25) is 0 Å². The maximum Gasteiger partial charge on any atom is 0.306 e. The highest BCUT2D eigenvalue weighted by Crippen LogP contribution is 2.27. The monoisotopic (exact) mass is 293 g/mol. The Hall–Kier alpha value is -1.16. The molecule has 0 radical (unpaired) electrons. The third kappa shape index (κ3) is 4.44. The maximum atomic E-state index is 10.9. The molecule has 0 heterocycles. The molecule has 0 aromatic heterocycles. The average molecular weight is 293 g/mol. The molecule has 2 N–H and O–H groups in total. The molecule has 4 heteroatoms. The van der Waals surface area contributed by atoms with Crippen LogP contribution >= 0.6 is 11.8 Å². The van der Waals surface area contributed by atoms with Gasteiger partial charge in [-0.1, -0.05) is 19.1 Å². The van der Waals surface area contributed by atoms with Gasteiger partial charge in [-0.25, -0.2) is 0 Å². The van der Waals surface area contributed by atoms with Crippen LogP contribution in [0.5, 0.6) is 0 Å². The number of hydrogen-bond donors (Lipinski definition) is 2. The van der Waals surface area contributed by atoms with Crippen molar-refractivity contribution in [1.29, 1.82) is 0 Å². The second kappa shape index (κ2) is 7.58. The van der Waals surface area contributed by atoms with Crippen LogP contribution in [0, 0.1) is 5.92 Å². The fourth-order valence-corrected chi connectivity index (χ4v) is 3.27. The quantitative estimate of drug-likeness (QED) is 0.832. The van der Waals surface area contributed by atoms with E-state index in [1.165, 1.54) is 5.56 Å². The molecule has 0 amide bonds. The van der Waals surface area contributed by atoms with Crippen LogP contribution in [0.4, 0.5) is 5.69 Å². The molecule has 0 atom stereocenters. The molecule has 1 aliphatic carbocycles. The SMILES string of the molecule is CCSCc1ccc(NC2CCC(C(=O)O)CC2)cc1. The van der Waals surface area contributed by atoms with Gasteiger partial charge in [0.05, 0.1) is 5.92 Å². The summed E-state index contributed by atoms with van der Waals surface area (Å²) in [4.78, 5) is 10.9. The summed E-state index contributed by atoms with van der Waals surface area (Å²) in [6.07, 6.45) is 3.48. The van der Waals surface area contributed by atoms with E-state index in [0.29, 0.717) is 6.04 Å². The summed E-state index contributed by atoms with van der Waals surface area (Å²) < 4.78 is 0. The van der Waals surface area contributed by atoms with E-state index in [2.05, 4.69) is 36.5 Å². The molecule has 0 spiro atoms. The Balaban J connectivity index is 1.80. The molecule has 3 nitrogen and oxygen atoms in total. The Bertz CT molecular complexity index is 425. The number of hydrogen-bond acceptors (Lipinski definition) is 3. The number of carboxylic acids is 1. The number of rotatable bonds is 6. The standard InChI is InChI=1S/C16H23NO2S/c1-2-20-11-12-3-7-14(8-4-12)17-15-9-5-13(6-10-15)16(18)19/h3-4,7-8,13,15,17H,2,5-6,9-11H2,1H3,(H,18,19). The van der Waals surface area contributed by atoms with Crippen molar-refractivity contribution >= 4 is 23.4 Å². The second-order valence-corrected chi connectivity index (χ2v) is 6.64. The van der Waals surface area contributed by atoms with Crippen molar-refractivity contribution in [3.8, 4) is 0 Å². The highest BCUT2D eigenvalue weighted by Gasteiger charge is 2.25. The second-order valence-electron chi connectivity index (χ2n) is 5.37. The van der Waals surface area contributed by atoms with E-state index in [4.69, 9.17) is 5.11 Å². The van der Waals surface area contributed by atoms with Crippen LogP contribution < -0.4 is 5.32 Å². The molecular formula is C16H23NO2S. The number of thioether (sulfide) groups is 1. The van der Waals surface area contributed by atoms with Gasteiger partial charge in [0.2, 0.25) is 0 Å². The van der Waals surface area contributed by atoms with E-state index >= 15 is 0 Å². The highest BCUT2D eigenvalue weighted by atomic mass is 32.2. The van der Waals surface area contributed by atoms with Gasteiger partial charge in [-0.05, 0) is 49.1 Å². The van der Waals surface area contributed by atoms with E-state index in [0.717, 1.165) is 42.9 Å². The summed E-state index contributed by atoms with van der Waals surface area (Å²) in [6, 6.07) is 9.03. The predicted molar refractivity (Wildman–Crippen MR) is 85.3 cm³/mol. The first-order valence-corrected chi connectivity index (χ1v) is 8.50. The Labute approximate surface area is 125 Å². The van der Waals surface area contributed by atoms with Gasteiger partial charge in [0, 0.05) is 17.5 Å². The molecule has 110 valence electrons. The summed E-state index contributed by atoms with van der Waals surface area (Å²) in [5.74, 6) is 1.44. The lowest BCUT2D eigenvalue weighted by molar-refractivity contribution is -0.142. The number of carbonyl (C=O) groups is 1. The van der Waals surface area contributed by atoms with Crippen molar-refractivity contribution in [3.63, 3.8) is 0 Å². The third-order valence-corrected chi connectivity index (χ3v) is 4.82. The number of aliphatic carboxylic acids is 1. The van der Waals surface area contributed by atoms with Crippen molar-refractivity contribution in [2.24, 2.45) is 5.92 Å². The highest BCUT2D eigenvalue weighted by molar-refractivity contribution is 7.98. The van der Waals surface area contributed by atoms with E-state index in [-0.39, 0.29) is 5.92 Å². The van der Waals surface area contributed by atoms with E-state index in [1.54, 1.807) is 0 Å². The fraction of sp³-hybridized carbons (Fsp3) is 0.562. The van der Waals surface area contributed by atoms with Crippen molar-refractivity contribution < 1.29 is 9.90 Å². The first-order chi connectivity index (χ1) is 9.69. The number of nitrogens with one attached hydrogen (secondary N) is 1. The minimum Gasteiger partial charge on any atom is -0.481 e. The first kappa shape index (κ1) is 15.2. The molecule has 0 aliphatic heterocycles. The Morgan fingerprint density at radius 3 is 2.45 bits per heavy atom. The zero-order chi connectivity index (χ0) is 14.4. The topological polar surface area (TPSA) is 49.3 Å². The van der Waals surface area contributed by atoms with Gasteiger partial charge in [-0.2, -0.15) is 11.8 Å². The molecular weight excluding hydrogens is 270 g/mol.